The van der Waals surface area contributed by atoms with E-state index in [1.807, 2.05) is 12.2 Å². The first-order chi connectivity index (χ1) is 6.29. The summed E-state index contributed by atoms with van der Waals surface area (Å²) < 4.78 is 0. The summed E-state index contributed by atoms with van der Waals surface area (Å²) in [7, 11) is 0. The highest BCUT2D eigenvalue weighted by atomic mass is 35.5. The number of halogens is 1. The maximum absolute atomic E-state index is 11.7. The van der Waals surface area contributed by atoms with Crippen LogP contribution in [0.25, 0.3) is 0 Å². The third-order valence-corrected chi connectivity index (χ3v) is 3.12. The minimum atomic E-state index is -0.406. The molecule has 2 aliphatic rings. The summed E-state index contributed by atoms with van der Waals surface area (Å²) in [5, 5.41) is -0.406. The van der Waals surface area contributed by atoms with Crippen molar-refractivity contribution in [2.45, 2.75) is 37.5 Å². The fourth-order valence-corrected chi connectivity index (χ4v) is 2.23. The molecule has 0 saturated carbocycles. The monoisotopic (exact) mass is 196 g/mol. The summed E-state index contributed by atoms with van der Waals surface area (Å²) in [4.78, 5) is 11.7. The van der Waals surface area contributed by atoms with Crippen molar-refractivity contribution < 1.29 is 4.79 Å². The first-order valence-corrected chi connectivity index (χ1v) is 5.31. The Kier molecular flexibility index (Phi) is 2.54. The van der Waals surface area contributed by atoms with Crippen LogP contribution in [0.15, 0.2) is 23.3 Å². The van der Waals surface area contributed by atoms with Gasteiger partial charge in [0.05, 0.1) is 0 Å². The molecule has 1 atom stereocenters. The van der Waals surface area contributed by atoms with Crippen LogP contribution in [0.3, 0.4) is 0 Å². The Balaban J connectivity index is 2.30. The van der Waals surface area contributed by atoms with E-state index in [2.05, 4.69) is 0 Å². The second-order valence-corrected chi connectivity index (χ2v) is 4.16. The summed E-state index contributed by atoms with van der Waals surface area (Å²) in [5.41, 5.74) is 2.24. The molecule has 70 valence electrons. The van der Waals surface area contributed by atoms with Gasteiger partial charge in [0.1, 0.15) is 5.38 Å². The molecule has 0 bridgehead atoms. The maximum atomic E-state index is 11.7. The number of hydrogen-bond acceptors (Lipinski definition) is 1. The van der Waals surface area contributed by atoms with E-state index in [4.69, 9.17) is 11.6 Å². The first-order valence-electron chi connectivity index (χ1n) is 4.87. The van der Waals surface area contributed by atoms with E-state index in [0.717, 1.165) is 24.8 Å². The van der Waals surface area contributed by atoms with Crippen LogP contribution in [-0.4, -0.2) is 11.2 Å². The second-order valence-electron chi connectivity index (χ2n) is 3.69. The molecule has 2 aliphatic carbocycles. The number of hydrogen-bond donors (Lipinski definition) is 0. The summed E-state index contributed by atoms with van der Waals surface area (Å²) in [6.07, 6.45) is 9.43. The molecule has 0 spiro atoms. The third-order valence-electron chi connectivity index (χ3n) is 2.77. The van der Waals surface area contributed by atoms with E-state index in [-0.39, 0.29) is 5.78 Å². The Labute approximate surface area is 83.5 Å². The van der Waals surface area contributed by atoms with Gasteiger partial charge in [0.15, 0.2) is 5.78 Å². The van der Waals surface area contributed by atoms with Crippen molar-refractivity contribution in [1.29, 1.82) is 0 Å². The fourth-order valence-electron chi connectivity index (χ4n) is 2.03. The van der Waals surface area contributed by atoms with Gasteiger partial charge in [0, 0.05) is 5.57 Å². The molecule has 0 aromatic rings. The number of allylic oxidation sites excluding steroid dienone is 4. The largest absolute Gasteiger partial charge is 0.292 e. The van der Waals surface area contributed by atoms with Crippen LogP contribution in [0.1, 0.15) is 32.1 Å². The van der Waals surface area contributed by atoms with Gasteiger partial charge < -0.3 is 0 Å². The number of alkyl halides is 1. The van der Waals surface area contributed by atoms with Gasteiger partial charge in [-0.2, -0.15) is 0 Å². The molecule has 0 amide bonds. The molecule has 1 unspecified atom stereocenters. The van der Waals surface area contributed by atoms with Gasteiger partial charge >= 0.3 is 0 Å². The first kappa shape index (κ1) is 9.01. The smallest absolute Gasteiger partial charge is 0.180 e. The van der Waals surface area contributed by atoms with Crippen molar-refractivity contribution in [2.24, 2.45) is 0 Å². The number of carbonyl (C=O) groups is 1. The number of ketones is 1. The van der Waals surface area contributed by atoms with Gasteiger partial charge in [-0.15, -0.1) is 11.6 Å². The Bertz CT molecular complexity index is 288. The third kappa shape index (κ3) is 1.71. The van der Waals surface area contributed by atoms with Crippen molar-refractivity contribution in [1.82, 2.24) is 0 Å². The predicted molar refractivity (Wildman–Crippen MR) is 53.9 cm³/mol. The zero-order valence-electron chi connectivity index (χ0n) is 7.55. The molecule has 0 aliphatic heterocycles. The van der Waals surface area contributed by atoms with E-state index in [1.165, 1.54) is 18.4 Å². The minimum absolute atomic E-state index is 0.140. The lowest BCUT2D eigenvalue weighted by Gasteiger charge is -2.15. The van der Waals surface area contributed by atoms with E-state index in [9.17, 15) is 4.79 Å². The van der Waals surface area contributed by atoms with Gasteiger partial charge in [-0.25, -0.2) is 0 Å². The average Bonchev–Trinajstić information content (AvgIpc) is 2.36. The molecule has 0 fully saturated rings. The van der Waals surface area contributed by atoms with E-state index in [1.54, 1.807) is 0 Å². The van der Waals surface area contributed by atoms with Crippen molar-refractivity contribution in [3.63, 3.8) is 0 Å². The minimum Gasteiger partial charge on any atom is -0.292 e. The normalized spacial score (nSPS) is 28.7. The van der Waals surface area contributed by atoms with Crippen molar-refractivity contribution in [2.75, 3.05) is 0 Å². The van der Waals surface area contributed by atoms with Crippen molar-refractivity contribution >= 4 is 17.4 Å². The lowest BCUT2D eigenvalue weighted by Crippen LogP contribution is -2.18. The van der Waals surface area contributed by atoms with Gasteiger partial charge in [0.2, 0.25) is 0 Å². The zero-order chi connectivity index (χ0) is 9.26. The van der Waals surface area contributed by atoms with Gasteiger partial charge in [0.25, 0.3) is 0 Å². The van der Waals surface area contributed by atoms with Crippen LogP contribution in [-0.2, 0) is 4.79 Å². The molecule has 0 heterocycles. The highest BCUT2D eigenvalue weighted by molar-refractivity contribution is 6.35. The standard InChI is InChI=1S/C11H13ClO/c12-10-7-6-8-4-2-1-3-5-9(8)11(10)13/h6-7,10H,1-5H2. The van der Waals surface area contributed by atoms with E-state index < -0.39 is 5.38 Å². The molecule has 0 aromatic heterocycles. The highest BCUT2D eigenvalue weighted by Crippen LogP contribution is 2.30. The summed E-state index contributed by atoms with van der Waals surface area (Å²) in [6, 6.07) is 0. The number of rotatable bonds is 0. The highest BCUT2D eigenvalue weighted by Gasteiger charge is 2.24. The Morgan fingerprint density at radius 3 is 2.85 bits per heavy atom. The molecule has 0 aromatic carbocycles. The van der Waals surface area contributed by atoms with Crippen LogP contribution < -0.4 is 0 Å². The van der Waals surface area contributed by atoms with E-state index >= 15 is 0 Å². The van der Waals surface area contributed by atoms with Crippen molar-refractivity contribution in [3.8, 4) is 0 Å². The fraction of sp³-hybridized carbons (Fsp3) is 0.545. The summed E-state index contributed by atoms with van der Waals surface area (Å²) in [5.74, 6) is 0.140. The molecule has 0 saturated heterocycles. The maximum Gasteiger partial charge on any atom is 0.180 e. The molecule has 2 heteroatoms. The molecule has 0 N–H and O–H groups in total. The quantitative estimate of drug-likeness (QED) is 0.545. The van der Waals surface area contributed by atoms with Crippen LogP contribution in [0, 0.1) is 0 Å². The molecule has 13 heavy (non-hydrogen) atoms. The Morgan fingerprint density at radius 2 is 2.00 bits per heavy atom. The zero-order valence-corrected chi connectivity index (χ0v) is 8.31. The topological polar surface area (TPSA) is 17.1 Å². The van der Waals surface area contributed by atoms with Crippen LogP contribution in [0.4, 0.5) is 0 Å². The number of carbonyl (C=O) groups excluding carboxylic acids is 1. The van der Waals surface area contributed by atoms with Crippen LogP contribution in [0.2, 0.25) is 0 Å². The van der Waals surface area contributed by atoms with Gasteiger partial charge in [-0.3, -0.25) is 4.79 Å². The molecular weight excluding hydrogens is 184 g/mol. The SMILES string of the molecule is O=C1C2=C(C=CC1Cl)CCCCC2. The van der Waals surface area contributed by atoms with Crippen molar-refractivity contribution in [3.05, 3.63) is 23.3 Å². The second kappa shape index (κ2) is 3.67. The molecular formula is C11H13ClO. The lowest BCUT2D eigenvalue weighted by molar-refractivity contribution is -0.114. The van der Waals surface area contributed by atoms with Crippen LogP contribution in [0.5, 0.6) is 0 Å². The average molecular weight is 197 g/mol. The molecule has 2 rings (SSSR count). The molecule has 1 nitrogen and oxygen atoms in total. The number of Topliss-reactive ketones (excluding diaryl/α,β-unsaturated/α-hetero) is 1. The predicted octanol–water partition coefficient (Wildman–Crippen LogP) is 2.99. The van der Waals surface area contributed by atoms with E-state index in [0.29, 0.717) is 0 Å². The Hall–Kier alpha value is -0.560. The Morgan fingerprint density at radius 1 is 1.23 bits per heavy atom. The summed E-state index contributed by atoms with van der Waals surface area (Å²) in [6.45, 7) is 0. The lowest BCUT2D eigenvalue weighted by atomic mass is 9.93. The van der Waals surface area contributed by atoms with Crippen LogP contribution >= 0.6 is 11.6 Å². The van der Waals surface area contributed by atoms with Gasteiger partial charge in [-0.1, -0.05) is 18.6 Å². The molecule has 0 radical (unpaired) electrons. The summed E-state index contributed by atoms with van der Waals surface area (Å²) >= 11 is 5.87. The van der Waals surface area contributed by atoms with Gasteiger partial charge in [-0.05, 0) is 31.3 Å².